The van der Waals surface area contributed by atoms with Gasteiger partial charge in [-0.1, -0.05) is 55.3 Å². The maximum atomic E-state index is 11.7. The zero-order valence-electron chi connectivity index (χ0n) is 15.6. The van der Waals surface area contributed by atoms with Gasteiger partial charge in [0.05, 0.1) is 23.2 Å². The third-order valence-electron chi connectivity index (χ3n) is 6.66. The summed E-state index contributed by atoms with van der Waals surface area (Å²) in [6.07, 6.45) is 5.53. The topological polar surface area (TPSA) is 52.1 Å². The van der Waals surface area contributed by atoms with Gasteiger partial charge in [-0.05, 0) is 37.0 Å². The molecule has 3 aromatic rings. The van der Waals surface area contributed by atoms with Crippen molar-refractivity contribution >= 4 is 11.0 Å². The SMILES string of the molecule is OC1(c2ccccc2)CCN(Cc2nc3ccccc3[nH]2)C2CCCCC21. The van der Waals surface area contributed by atoms with E-state index in [0.29, 0.717) is 12.0 Å². The summed E-state index contributed by atoms with van der Waals surface area (Å²) in [6.45, 7) is 1.74. The molecule has 27 heavy (non-hydrogen) atoms. The summed E-state index contributed by atoms with van der Waals surface area (Å²) in [5.74, 6) is 1.33. The van der Waals surface area contributed by atoms with Crippen LogP contribution in [0.15, 0.2) is 54.6 Å². The molecular formula is C23H27N3O. The minimum Gasteiger partial charge on any atom is -0.385 e. The molecule has 2 aromatic carbocycles. The number of hydrogen-bond donors (Lipinski definition) is 2. The number of aromatic amines is 1. The number of hydrogen-bond acceptors (Lipinski definition) is 3. The van der Waals surface area contributed by atoms with Gasteiger partial charge in [-0.25, -0.2) is 4.98 Å². The van der Waals surface area contributed by atoms with Gasteiger partial charge in [-0.15, -0.1) is 0 Å². The maximum absolute atomic E-state index is 11.7. The molecule has 5 rings (SSSR count). The monoisotopic (exact) mass is 361 g/mol. The van der Waals surface area contributed by atoms with Gasteiger partial charge in [-0.3, -0.25) is 4.90 Å². The van der Waals surface area contributed by atoms with Crippen molar-refractivity contribution in [3.8, 4) is 0 Å². The summed E-state index contributed by atoms with van der Waals surface area (Å²) >= 11 is 0. The zero-order chi connectivity index (χ0) is 18.3. The van der Waals surface area contributed by atoms with Crippen LogP contribution in [-0.4, -0.2) is 32.6 Å². The van der Waals surface area contributed by atoms with E-state index in [4.69, 9.17) is 4.98 Å². The Morgan fingerprint density at radius 3 is 2.67 bits per heavy atom. The van der Waals surface area contributed by atoms with Crippen molar-refractivity contribution in [3.05, 3.63) is 66.0 Å². The van der Waals surface area contributed by atoms with Crippen molar-refractivity contribution < 1.29 is 5.11 Å². The van der Waals surface area contributed by atoms with Crippen molar-refractivity contribution in [3.63, 3.8) is 0 Å². The Morgan fingerprint density at radius 2 is 1.81 bits per heavy atom. The van der Waals surface area contributed by atoms with E-state index in [-0.39, 0.29) is 0 Å². The van der Waals surface area contributed by atoms with Crippen molar-refractivity contribution in [1.82, 2.24) is 14.9 Å². The second kappa shape index (κ2) is 6.77. The molecule has 1 aliphatic heterocycles. The number of likely N-dealkylation sites (tertiary alicyclic amines) is 1. The molecule has 4 nitrogen and oxygen atoms in total. The zero-order valence-corrected chi connectivity index (χ0v) is 15.6. The van der Waals surface area contributed by atoms with E-state index in [2.05, 4.69) is 34.1 Å². The van der Waals surface area contributed by atoms with E-state index in [1.165, 1.54) is 19.3 Å². The van der Waals surface area contributed by atoms with E-state index >= 15 is 0 Å². The van der Waals surface area contributed by atoms with Crippen LogP contribution in [0.3, 0.4) is 0 Å². The van der Waals surface area contributed by atoms with E-state index in [9.17, 15) is 5.11 Å². The highest BCUT2D eigenvalue weighted by Gasteiger charge is 2.49. The summed E-state index contributed by atoms with van der Waals surface area (Å²) in [6, 6.07) is 19.0. The van der Waals surface area contributed by atoms with E-state index < -0.39 is 5.60 Å². The molecule has 2 fully saturated rings. The lowest BCUT2D eigenvalue weighted by atomic mass is 9.66. The first-order valence-electron chi connectivity index (χ1n) is 10.2. The van der Waals surface area contributed by atoms with Crippen LogP contribution < -0.4 is 0 Å². The van der Waals surface area contributed by atoms with Crippen LogP contribution in [0.4, 0.5) is 0 Å². The molecule has 0 spiro atoms. The van der Waals surface area contributed by atoms with Crippen LogP contribution >= 0.6 is 0 Å². The number of H-pyrrole nitrogens is 1. The Balaban J connectivity index is 1.42. The quantitative estimate of drug-likeness (QED) is 0.734. The summed E-state index contributed by atoms with van der Waals surface area (Å²) in [7, 11) is 0. The predicted molar refractivity (Wildman–Crippen MR) is 107 cm³/mol. The van der Waals surface area contributed by atoms with E-state index in [1.807, 2.05) is 30.3 Å². The largest absolute Gasteiger partial charge is 0.385 e. The summed E-state index contributed by atoms with van der Waals surface area (Å²) < 4.78 is 0. The average molecular weight is 361 g/mol. The van der Waals surface area contributed by atoms with Crippen molar-refractivity contribution in [2.75, 3.05) is 6.54 Å². The summed E-state index contributed by atoms with van der Waals surface area (Å²) in [5, 5.41) is 11.7. The van der Waals surface area contributed by atoms with Gasteiger partial charge < -0.3 is 10.1 Å². The summed E-state index contributed by atoms with van der Waals surface area (Å²) in [4.78, 5) is 10.8. The fraction of sp³-hybridized carbons (Fsp3) is 0.435. The summed E-state index contributed by atoms with van der Waals surface area (Å²) in [5.41, 5.74) is 2.53. The molecule has 4 heteroatoms. The first kappa shape index (κ1) is 17.0. The lowest BCUT2D eigenvalue weighted by Crippen LogP contribution is -2.57. The van der Waals surface area contributed by atoms with E-state index in [1.54, 1.807) is 0 Å². The molecule has 1 saturated heterocycles. The van der Waals surface area contributed by atoms with Crippen LogP contribution in [0.2, 0.25) is 0 Å². The highest BCUT2D eigenvalue weighted by Crippen LogP contribution is 2.47. The highest BCUT2D eigenvalue weighted by molar-refractivity contribution is 5.74. The fourth-order valence-electron chi connectivity index (χ4n) is 5.33. The van der Waals surface area contributed by atoms with Gasteiger partial charge in [0.2, 0.25) is 0 Å². The Kier molecular flexibility index (Phi) is 4.25. The molecule has 2 aliphatic rings. The van der Waals surface area contributed by atoms with Crippen molar-refractivity contribution in [2.45, 2.75) is 50.3 Å². The van der Waals surface area contributed by atoms with Crippen LogP contribution in [-0.2, 0) is 12.1 Å². The van der Waals surface area contributed by atoms with Crippen molar-refractivity contribution in [2.24, 2.45) is 5.92 Å². The number of aliphatic hydroxyl groups is 1. The first-order chi connectivity index (χ1) is 13.2. The van der Waals surface area contributed by atoms with Gasteiger partial charge in [0.25, 0.3) is 0 Å². The van der Waals surface area contributed by atoms with Crippen LogP contribution in [0.25, 0.3) is 11.0 Å². The number of fused-ring (bicyclic) bond motifs is 2. The molecule has 1 aliphatic carbocycles. The van der Waals surface area contributed by atoms with Crippen LogP contribution in [0.1, 0.15) is 43.5 Å². The van der Waals surface area contributed by atoms with E-state index in [0.717, 1.165) is 48.4 Å². The molecule has 1 saturated carbocycles. The van der Waals surface area contributed by atoms with Gasteiger partial charge in [0.15, 0.2) is 0 Å². The molecule has 2 N–H and O–H groups in total. The average Bonchev–Trinajstić information content (AvgIpc) is 3.13. The number of aromatic nitrogens is 2. The number of nitrogens with one attached hydrogen (secondary N) is 1. The Labute approximate surface area is 160 Å². The van der Waals surface area contributed by atoms with Crippen LogP contribution in [0.5, 0.6) is 0 Å². The number of para-hydroxylation sites is 2. The molecule has 0 amide bonds. The van der Waals surface area contributed by atoms with Gasteiger partial charge in [0, 0.05) is 18.5 Å². The lowest BCUT2D eigenvalue weighted by Gasteiger charge is -2.52. The maximum Gasteiger partial charge on any atom is 0.121 e. The number of nitrogens with zero attached hydrogens (tertiary/aromatic N) is 2. The Morgan fingerprint density at radius 1 is 1.04 bits per heavy atom. The minimum absolute atomic E-state index is 0.298. The molecule has 3 atom stereocenters. The normalized spacial score (nSPS) is 28.9. The Hall–Kier alpha value is -2.17. The minimum atomic E-state index is -0.698. The number of rotatable bonds is 3. The third kappa shape index (κ3) is 2.97. The predicted octanol–water partition coefficient (Wildman–Crippen LogP) is 4.22. The number of piperidine rings is 1. The number of benzene rings is 2. The van der Waals surface area contributed by atoms with Crippen LogP contribution in [0, 0.1) is 5.92 Å². The standard InChI is InChI=1S/C23H27N3O/c27-23(17-8-2-1-3-9-17)14-15-26(21-13-7-4-10-18(21)23)16-22-24-19-11-5-6-12-20(19)25-22/h1-3,5-6,8-9,11-12,18,21,27H,4,7,10,13-16H2,(H,24,25). The lowest BCUT2D eigenvalue weighted by molar-refractivity contribution is -0.123. The molecule has 0 bridgehead atoms. The van der Waals surface area contributed by atoms with Gasteiger partial charge in [-0.2, -0.15) is 0 Å². The first-order valence-corrected chi connectivity index (χ1v) is 10.2. The third-order valence-corrected chi connectivity index (χ3v) is 6.66. The molecule has 1 aromatic heterocycles. The second-order valence-electron chi connectivity index (χ2n) is 8.17. The molecular weight excluding hydrogens is 334 g/mol. The molecule has 140 valence electrons. The smallest absolute Gasteiger partial charge is 0.121 e. The molecule has 0 radical (unpaired) electrons. The number of imidazole rings is 1. The fourth-order valence-corrected chi connectivity index (χ4v) is 5.33. The van der Waals surface area contributed by atoms with Gasteiger partial charge >= 0.3 is 0 Å². The molecule has 3 unspecified atom stereocenters. The van der Waals surface area contributed by atoms with Gasteiger partial charge in [0.1, 0.15) is 5.82 Å². The molecule has 2 heterocycles. The Bertz CT molecular complexity index is 889. The highest BCUT2D eigenvalue weighted by atomic mass is 16.3. The second-order valence-corrected chi connectivity index (χ2v) is 8.17. The van der Waals surface area contributed by atoms with Crippen molar-refractivity contribution in [1.29, 1.82) is 0 Å².